The summed E-state index contributed by atoms with van der Waals surface area (Å²) in [5, 5.41) is 22.4. The van der Waals surface area contributed by atoms with Crippen molar-refractivity contribution in [1.29, 1.82) is 0 Å². The Balaban J connectivity index is 1.62. The summed E-state index contributed by atoms with van der Waals surface area (Å²) >= 11 is 6.71. The highest BCUT2D eigenvalue weighted by atomic mass is 35.5. The predicted octanol–water partition coefficient (Wildman–Crippen LogP) is 5.47. The number of carbonyl (C=O) groups is 2. The van der Waals surface area contributed by atoms with E-state index in [4.69, 9.17) is 11.6 Å². The molecule has 1 saturated heterocycles. The van der Waals surface area contributed by atoms with Gasteiger partial charge in [0.2, 0.25) is 9.84 Å². The first-order valence-electron chi connectivity index (χ1n) is 11.6. The summed E-state index contributed by atoms with van der Waals surface area (Å²) in [6.45, 7) is 1.86. The molecule has 1 N–H and O–H groups in total. The first-order chi connectivity index (χ1) is 19.0. The van der Waals surface area contributed by atoms with Crippen molar-refractivity contribution in [2.24, 2.45) is 0 Å². The van der Waals surface area contributed by atoms with Crippen molar-refractivity contribution in [2.45, 2.75) is 22.1 Å². The molecule has 0 bridgehead atoms. The number of amides is 1. The van der Waals surface area contributed by atoms with Crippen LogP contribution in [0.25, 0.3) is 5.76 Å². The lowest BCUT2D eigenvalue weighted by Crippen LogP contribution is -2.29. The molecule has 1 aliphatic heterocycles. The minimum atomic E-state index is -4.15. The standard InChI is InChI=1S/C27H18ClN3O7S2/c1-15-2-4-17(5-3-15)24(32)22-23(16-6-8-18(28)9-7-16)30(26(34)25(22)33)27-29-14-21(39-27)40(37,38)20-12-10-19(11-13-20)31(35)36/h2-14,23,32H,1H3/t23-/m1/s1. The molecule has 1 fully saturated rings. The number of thiazole rings is 1. The van der Waals surface area contributed by atoms with Crippen LogP contribution in [-0.2, 0) is 19.4 Å². The fourth-order valence-corrected chi connectivity index (χ4v) is 6.88. The monoisotopic (exact) mass is 595 g/mol. The van der Waals surface area contributed by atoms with Crippen molar-refractivity contribution in [1.82, 2.24) is 4.98 Å². The Hall–Kier alpha value is -4.39. The molecule has 40 heavy (non-hydrogen) atoms. The number of carbonyl (C=O) groups excluding carboxylic acids is 2. The van der Waals surface area contributed by atoms with E-state index in [-0.39, 0.29) is 25.5 Å². The van der Waals surface area contributed by atoms with Crippen LogP contribution in [0, 0.1) is 17.0 Å². The maximum Gasteiger partial charge on any atom is 0.301 e. The number of anilines is 1. The number of rotatable bonds is 6. The molecular formula is C27H18ClN3O7S2. The second-order valence-electron chi connectivity index (χ2n) is 8.80. The smallest absolute Gasteiger partial charge is 0.301 e. The third kappa shape index (κ3) is 4.76. The summed E-state index contributed by atoms with van der Waals surface area (Å²) in [6.07, 6.45) is 1.05. The Bertz CT molecular complexity index is 1800. The van der Waals surface area contributed by atoms with Gasteiger partial charge in [-0.25, -0.2) is 13.4 Å². The average molecular weight is 596 g/mol. The number of Topliss-reactive ketones (excluding diaryl/α,β-unsaturated/α-hetero) is 1. The largest absolute Gasteiger partial charge is 0.507 e. The summed E-state index contributed by atoms with van der Waals surface area (Å²) < 4.78 is 26.2. The minimum Gasteiger partial charge on any atom is -0.507 e. The van der Waals surface area contributed by atoms with Gasteiger partial charge in [-0.15, -0.1) is 0 Å². The molecule has 0 saturated carbocycles. The number of aliphatic hydroxyl groups is 1. The van der Waals surface area contributed by atoms with Crippen LogP contribution in [0.1, 0.15) is 22.7 Å². The Morgan fingerprint density at radius 3 is 2.25 bits per heavy atom. The van der Waals surface area contributed by atoms with Crippen molar-refractivity contribution in [2.75, 3.05) is 4.90 Å². The predicted molar refractivity (Wildman–Crippen MR) is 148 cm³/mol. The van der Waals surface area contributed by atoms with E-state index in [1.54, 1.807) is 48.5 Å². The number of aryl methyl sites for hydroxylation is 1. The van der Waals surface area contributed by atoms with Crippen LogP contribution in [-0.4, -0.2) is 35.1 Å². The molecule has 4 aromatic rings. The lowest BCUT2D eigenvalue weighted by atomic mass is 9.95. The summed E-state index contributed by atoms with van der Waals surface area (Å²) in [5.41, 5.74) is 1.22. The number of hydrogen-bond donors (Lipinski definition) is 1. The van der Waals surface area contributed by atoms with Crippen molar-refractivity contribution in [3.05, 3.63) is 116 Å². The van der Waals surface area contributed by atoms with Gasteiger partial charge in [-0.05, 0) is 36.8 Å². The maximum absolute atomic E-state index is 13.3. The Morgan fingerprint density at radius 1 is 1.02 bits per heavy atom. The number of aromatic nitrogens is 1. The number of nitro groups is 1. The third-order valence-electron chi connectivity index (χ3n) is 6.26. The van der Waals surface area contributed by atoms with E-state index in [1.807, 2.05) is 6.92 Å². The summed E-state index contributed by atoms with van der Waals surface area (Å²) in [7, 11) is -4.15. The molecule has 1 atom stereocenters. The van der Waals surface area contributed by atoms with Gasteiger partial charge in [0.15, 0.2) is 5.13 Å². The minimum absolute atomic E-state index is 0.0921. The first kappa shape index (κ1) is 27.2. The number of benzene rings is 3. The van der Waals surface area contributed by atoms with Gasteiger partial charge in [0.25, 0.3) is 11.5 Å². The summed E-state index contributed by atoms with van der Waals surface area (Å²) in [5.74, 6) is -2.36. The SMILES string of the molecule is Cc1ccc(C(O)=C2C(=O)C(=O)N(c3ncc(S(=O)(=O)c4ccc([N+](=O)[O-])cc4)s3)[C@@H]2c2ccc(Cl)cc2)cc1. The molecule has 0 spiro atoms. The van der Waals surface area contributed by atoms with E-state index in [9.17, 15) is 33.2 Å². The van der Waals surface area contributed by atoms with Crippen LogP contribution in [0.4, 0.5) is 10.8 Å². The molecule has 13 heteroatoms. The molecule has 0 radical (unpaired) electrons. The second kappa shape index (κ2) is 10.3. The van der Waals surface area contributed by atoms with E-state index in [0.29, 0.717) is 27.5 Å². The number of nitrogens with zero attached hydrogens (tertiary/aromatic N) is 3. The summed E-state index contributed by atoms with van der Waals surface area (Å²) in [4.78, 5) is 41.9. The maximum atomic E-state index is 13.3. The fourth-order valence-electron chi connectivity index (χ4n) is 4.21. The van der Waals surface area contributed by atoms with Crippen molar-refractivity contribution >= 4 is 61.0 Å². The van der Waals surface area contributed by atoms with E-state index in [0.717, 1.165) is 40.9 Å². The van der Waals surface area contributed by atoms with Crippen molar-refractivity contribution in [3.63, 3.8) is 0 Å². The highest BCUT2D eigenvalue weighted by Crippen LogP contribution is 2.44. The first-order valence-corrected chi connectivity index (χ1v) is 14.3. The number of hydrogen-bond acceptors (Lipinski definition) is 9. The van der Waals surface area contributed by atoms with Gasteiger partial charge in [-0.2, -0.15) is 0 Å². The Kier molecular flexibility index (Phi) is 7.00. The topological polar surface area (TPSA) is 148 Å². The number of sulfone groups is 1. The van der Waals surface area contributed by atoms with Crippen molar-refractivity contribution in [3.8, 4) is 0 Å². The highest BCUT2D eigenvalue weighted by Gasteiger charge is 2.48. The van der Waals surface area contributed by atoms with Crippen LogP contribution < -0.4 is 4.90 Å². The van der Waals surface area contributed by atoms with Gasteiger partial charge in [-0.1, -0.05) is 64.9 Å². The Morgan fingerprint density at radius 2 is 1.65 bits per heavy atom. The molecule has 1 aromatic heterocycles. The molecular weight excluding hydrogens is 578 g/mol. The fraction of sp³-hybridized carbons (Fsp3) is 0.0741. The third-order valence-corrected chi connectivity index (χ3v) is 9.74. The Labute approximate surface area is 236 Å². The lowest BCUT2D eigenvalue weighted by molar-refractivity contribution is -0.384. The van der Waals surface area contributed by atoms with Gasteiger partial charge >= 0.3 is 5.91 Å². The summed E-state index contributed by atoms with van der Waals surface area (Å²) in [6, 6.07) is 16.3. The number of non-ortho nitro benzene ring substituents is 1. The van der Waals surface area contributed by atoms with Gasteiger partial charge in [0.1, 0.15) is 9.97 Å². The molecule has 1 aliphatic rings. The van der Waals surface area contributed by atoms with Gasteiger partial charge in [0.05, 0.1) is 27.6 Å². The van der Waals surface area contributed by atoms with Crippen LogP contribution in [0.15, 0.2) is 93.7 Å². The molecule has 202 valence electrons. The zero-order valence-corrected chi connectivity index (χ0v) is 22.9. The number of ketones is 1. The van der Waals surface area contributed by atoms with Crippen LogP contribution in [0.5, 0.6) is 0 Å². The molecule has 0 aliphatic carbocycles. The molecule has 5 rings (SSSR count). The van der Waals surface area contributed by atoms with E-state index in [2.05, 4.69) is 4.98 Å². The molecule has 2 heterocycles. The molecule has 3 aromatic carbocycles. The van der Waals surface area contributed by atoms with Crippen LogP contribution in [0.3, 0.4) is 0 Å². The van der Waals surface area contributed by atoms with Gasteiger partial charge < -0.3 is 5.11 Å². The van der Waals surface area contributed by atoms with Crippen molar-refractivity contribution < 1.29 is 28.0 Å². The molecule has 10 nitrogen and oxygen atoms in total. The zero-order chi connectivity index (χ0) is 28.8. The zero-order valence-electron chi connectivity index (χ0n) is 20.5. The second-order valence-corrected chi connectivity index (χ2v) is 12.4. The highest BCUT2D eigenvalue weighted by molar-refractivity contribution is 7.93. The van der Waals surface area contributed by atoms with Gasteiger partial charge in [0, 0.05) is 22.7 Å². The number of nitro benzene ring substituents is 1. The van der Waals surface area contributed by atoms with E-state index in [1.165, 1.54) is 0 Å². The quantitative estimate of drug-likeness (QED) is 0.101. The molecule has 1 amide bonds. The number of aliphatic hydroxyl groups excluding tert-OH is 1. The number of halogens is 1. The molecule has 0 unspecified atom stereocenters. The van der Waals surface area contributed by atoms with Gasteiger partial charge in [-0.3, -0.25) is 24.6 Å². The van der Waals surface area contributed by atoms with E-state index >= 15 is 0 Å². The van der Waals surface area contributed by atoms with Crippen LogP contribution in [0.2, 0.25) is 5.02 Å². The lowest BCUT2D eigenvalue weighted by Gasteiger charge is -2.23. The van der Waals surface area contributed by atoms with E-state index < -0.39 is 38.3 Å². The van der Waals surface area contributed by atoms with Crippen LogP contribution >= 0.6 is 22.9 Å². The average Bonchev–Trinajstić information content (AvgIpc) is 3.53. The normalized spacial score (nSPS) is 16.9.